The van der Waals surface area contributed by atoms with Gasteiger partial charge < -0.3 is 4.74 Å². The number of carbonyl (C=O) groups is 1. The molecule has 0 aliphatic heterocycles. The zero-order valence-electron chi connectivity index (χ0n) is 10.2. The van der Waals surface area contributed by atoms with Gasteiger partial charge in [0.25, 0.3) is 0 Å². The van der Waals surface area contributed by atoms with Gasteiger partial charge in [0.05, 0.1) is 12.2 Å². The van der Waals surface area contributed by atoms with Crippen molar-refractivity contribution in [2.24, 2.45) is 5.41 Å². The van der Waals surface area contributed by atoms with Crippen LogP contribution in [0, 0.1) is 5.41 Å². The SMILES string of the molecule is CSC(=O)c1ccccc1OCC(C)(C)C. The summed E-state index contributed by atoms with van der Waals surface area (Å²) in [5.41, 5.74) is 0.745. The number of thioether (sulfide) groups is 1. The Kier molecular flexibility index (Phi) is 4.42. The fourth-order valence-electron chi connectivity index (χ4n) is 1.17. The quantitative estimate of drug-likeness (QED) is 0.804. The first-order chi connectivity index (χ1) is 7.44. The molecule has 0 saturated carbocycles. The third-order valence-electron chi connectivity index (χ3n) is 1.95. The van der Waals surface area contributed by atoms with Crippen molar-refractivity contribution in [2.75, 3.05) is 12.9 Å². The average Bonchev–Trinajstić information content (AvgIpc) is 2.25. The van der Waals surface area contributed by atoms with Gasteiger partial charge in [0.1, 0.15) is 5.75 Å². The number of ether oxygens (including phenoxy) is 1. The van der Waals surface area contributed by atoms with E-state index in [9.17, 15) is 4.79 Å². The summed E-state index contributed by atoms with van der Waals surface area (Å²) in [4.78, 5) is 11.6. The molecule has 3 heteroatoms. The normalized spacial score (nSPS) is 11.2. The number of rotatable bonds is 3. The van der Waals surface area contributed by atoms with Crippen LogP contribution in [0.4, 0.5) is 0 Å². The highest BCUT2D eigenvalue weighted by Crippen LogP contribution is 2.24. The average molecular weight is 238 g/mol. The number of benzene rings is 1. The van der Waals surface area contributed by atoms with Gasteiger partial charge in [-0.05, 0) is 23.8 Å². The van der Waals surface area contributed by atoms with Crippen molar-refractivity contribution < 1.29 is 9.53 Å². The smallest absolute Gasteiger partial charge is 0.222 e. The largest absolute Gasteiger partial charge is 0.492 e. The van der Waals surface area contributed by atoms with Crippen molar-refractivity contribution >= 4 is 16.9 Å². The van der Waals surface area contributed by atoms with Crippen molar-refractivity contribution in [3.8, 4) is 5.75 Å². The summed E-state index contributed by atoms with van der Waals surface area (Å²) in [7, 11) is 0. The Hall–Kier alpha value is -0.960. The van der Waals surface area contributed by atoms with Crippen LogP contribution in [-0.2, 0) is 0 Å². The fraction of sp³-hybridized carbons (Fsp3) is 0.462. The van der Waals surface area contributed by atoms with Crippen LogP contribution < -0.4 is 4.74 Å². The summed E-state index contributed by atoms with van der Waals surface area (Å²) in [5.74, 6) is 0.678. The van der Waals surface area contributed by atoms with Crippen LogP contribution in [-0.4, -0.2) is 18.0 Å². The molecule has 0 amide bonds. The van der Waals surface area contributed by atoms with Gasteiger partial charge in [-0.3, -0.25) is 4.79 Å². The summed E-state index contributed by atoms with van der Waals surface area (Å²) < 4.78 is 5.69. The molecule has 2 nitrogen and oxygen atoms in total. The maximum atomic E-state index is 11.6. The van der Waals surface area contributed by atoms with Gasteiger partial charge in [0.2, 0.25) is 5.12 Å². The molecule has 0 radical (unpaired) electrons. The van der Waals surface area contributed by atoms with E-state index in [4.69, 9.17) is 4.74 Å². The second-order valence-electron chi connectivity index (χ2n) is 4.84. The lowest BCUT2D eigenvalue weighted by Crippen LogP contribution is -2.17. The Bertz CT molecular complexity index is 366. The minimum absolute atomic E-state index is 0.0458. The second-order valence-corrected chi connectivity index (χ2v) is 5.62. The molecule has 0 saturated heterocycles. The Morgan fingerprint density at radius 1 is 1.31 bits per heavy atom. The van der Waals surface area contributed by atoms with E-state index in [1.54, 1.807) is 12.3 Å². The first kappa shape index (κ1) is 13.1. The number of carbonyl (C=O) groups excluding carboxylic acids is 1. The monoisotopic (exact) mass is 238 g/mol. The summed E-state index contributed by atoms with van der Waals surface area (Å²) in [6.45, 7) is 6.91. The minimum atomic E-state index is 0.0458. The molecule has 0 aliphatic carbocycles. The van der Waals surface area contributed by atoms with Crippen LogP contribution in [0.25, 0.3) is 0 Å². The summed E-state index contributed by atoms with van der Waals surface area (Å²) >= 11 is 1.21. The highest BCUT2D eigenvalue weighted by molar-refractivity contribution is 8.13. The van der Waals surface area contributed by atoms with Crippen LogP contribution in [0.2, 0.25) is 0 Å². The van der Waals surface area contributed by atoms with Crippen LogP contribution in [0.5, 0.6) is 5.75 Å². The third kappa shape index (κ3) is 3.89. The van der Waals surface area contributed by atoms with Crippen molar-refractivity contribution in [3.63, 3.8) is 0 Å². The molecule has 1 rings (SSSR count). The Morgan fingerprint density at radius 3 is 2.50 bits per heavy atom. The molecule has 0 bridgehead atoms. The molecule has 0 fully saturated rings. The Labute approximate surface area is 101 Å². The first-order valence-corrected chi connectivity index (χ1v) is 6.46. The van der Waals surface area contributed by atoms with Gasteiger partial charge in [-0.25, -0.2) is 0 Å². The van der Waals surface area contributed by atoms with Gasteiger partial charge in [-0.2, -0.15) is 0 Å². The summed E-state index contributed by atoms with van der Waals surface area (Å²) in [6.07, 6.45) is 1.78. The van der Waals surface area contributed by atoms with Crippen molar-refractivity contribution in [2.45, 2.75) is 20.8 Å². The maximum absolute atomic E-state index is 11.6. The lowest BCUT2D eigenvalue weighted by molar-refractivity contribution is 0.108. The molecule has 0 unspecified atom stereocenters. The molecule has 0 aliphatic rings. The third-order valence-corrected chi connectivity index (χ3v) is 2.54. The van der Waals surface area contributed by atoms with E-state index in [-0.39, 0.29) is 10.5 Å². The molecule has 0 spiro atoms. The van der Waals surface area contributed by atoms with E-state index in [0.29, 0.717) is 17.9 Å². The van der Waals surface area contributed by atoms with Gasteiger partial charge in [0, 0.05) is 0 Å². The van der Waals surface area contributed by atoms with E-state index in [1.807, 2.05) is 18.2 Å². The second kappa shape index (κ2) is 5.39. The summed E-state index contributed by atoms with van der Waals surface area (Å²) in [6, 6.07) is 7.38. The molecule has 1 aromatic rings. The van der Waals surface area contributed by atoms with E-state index in [2.05, 4.69) is 20.8 Å². The molecule has 0 aromatic heterocycles. The Morgan fingerprint density at radius 2 is 1.94 bits per heavy atom. The van der Waals surface area contributed by atoms with Gasteiger partial charge in [0.15, 0.2) is 0 Å². The van der Waals surface area contributed by atoms with Gasteiger partial charge in [-0.1, -0.05) is 44.7 Å². The predicted octanol–water partition coefficient (Wildman–Crippen LogP) is 3.61. The molecule has 16 heavy (non-hydrogen) atoms. The number of para-hydroxylation sites is 1. The molecule has 0 N–H and O–H groups in total. The zero-order chi connectivity index (χ0) is 12.2. The van der Waals surface area contributed by atoms with Crippen LogP contribution in [0.15, 0.2) is 24.3 Å². The molecule has 0 heterocycles. The van der Waals surface area contributed by atoms with E-state index in [1.165, 1.54) is 11.8 Å². The highest BCUT2D eigenvalue weighted by Gasteiger charge is 2.15. The van der Waals surface area contributed by atoms with Crippen LogP contribution in [0.1, 0.15) is 31.1 Å². The standard InChI is InChI=1S/C13H18O2S/c1-13(2,3)9-15-11-8-6-5-7-10(11)12(14)16-4/h5-8H,9H2,1-4H3. The lowest BCUT2D eigenvalue weighted by Gasteiger charge is -2.19. The van der Waals surface area contributed by atoms with Crippen molar-refractivity contribution in [3.05, 3.63) is 29.8 Å². The zero-order valence-corrected chi connectivity index (χ0v) is 11.1. The molecular weight excluding hydrogens is 220 g/mol. The predicted molar refractivity (Wildman–Crippen MR) is 69.2 cm³/mol. The minimum Gasteiger partial charge on any atom is -0.492 e. The summed E-state index contributed by atoms with van der Waals surface area (Å²) in [5, 5.41) is 0.0458. The highest BCUT2D eigenvalue weighted by atomic mass is 32.2. The number of hydrogen-bond donors (Lipinski definition) is 0. The molecule has 1 aromatic carbocycles. The van der Waals surface area contributed by atoms with Crippen molar-refractivity contribution in [1.82, 2.24) is 0 Å². The maximum Gasteiger partial charge on any atom is 0.222 e. The van der Waals surface area contributed by atoms with Crippen molar-refractivity contribution in [1.29, 1.82) is 0 Å². The Balaban J connectivity index is 2.83. The topological polar surface area (TPSA) is 26.3 Å². The van der Waals surface area contributed by atoms with Crippen LogP contribution >= 0.6 is 11.8 Å². The molecular formula is C13H18O2S. The fourth-order valence-corrected chi connectivity index (χ4v) is 1.55. The lowest BCUT2D eigenvalue weighted by atomic mass is 9.99. The van der Waals surface area contributed by atoms with Gasteiger partial charge >= 0.3 is 0 Å². The van der Waals surface area contributed by atoms with E-state index in [0.717, 1.165) is 0 Å². The number of hydrogen-bond acceptors (Lipinski definition) is 3. The van der Waals surface area contributed by atoms with Gasteiger partial charge in [-0.15, -0.1) is 0 Å². The molecule has 88 valence electrons. The van der Waals surface area contributed by atoms with E-state index >= 15 is 0 Å². The molecule has 0 atom stereocenters. The van der Waals surface area contributed by atoms with Crippen LogP contribution in [0.3, 0.4) is 0 Å². The first-order valence-electron chi connectivity index (χ1n) is 5.24. The van der Waals surface area contributed by atoms with E-state index < -0.39 is 0 Å².